The normalized spacial score (nSPS) is 14.4. The van der Waals surface area contributed by atoms with Gasteiger partial charge in [0.2, 0.25) is 5.52 Å². The summed E-state index contributed by atoms with van der Waals surface area (Å²) in [5, 5.41) is 1.32. The number of aromatic nitrogens is 1. The topological polar surface area (TPSA) is 7.12 Å². The van der Waals surface area contributed by atoms with E-state index in [9.17, 15) is 0 Å². The molecule has 0 N–H and O–H groups in total. The number of allylic oxidation sites excluding steroid dienone is 1. The molecule has 3 aromatic rings. The number of aryl methyl sites for hydroxylation is 2. The monoisotopic (exact) mass is 355 g/mol. The second-order valence-corrected chi connectivity index (χ2v) is 8.73. The number of rotatable bonds is 1. The Kier molecular flexibility index (Phi) is 4.14. The molecule has 4 rings (SSSR count). The van der Waals surface area contributed by atoms with Crippen molar-refractivity contribution in [2.45, 2.75) is 27.7 Å². The van der Waals surface area contributed by atoms with Gasteiger partial charge in [-0.1, -0.05) is 57.1 Å². The number of hydrogen-bond donors (Lipinski definition) is 0. The zero-order valence-electron chi connectivity index (χ0n) is 17.2. The van der Waals surface area contributed by atoms with E-state index in [1.807, 2.05) is 0 Å². The van der Waals surface area contributed by atoms with Crippen molar-refractivity contribution in [3.63, 3.8) is 0 Å². The Morgan fingerprint density at radius 1 is 0.926 bits per heavy atom. The van der Waals surface area contributed by atoms with Crippen LogP contribution in [0.15, 0.2) is 60.6 Å². The van der Waals surface area contributed by atoms with E-state index in [-0.39, 0.29) is 12.3 Å². The lowest BCUT2D eigenvalue weighted by molar-refractivity contribution is -0.627. The molecule has 0 saturated carbocycles. The Morgan fingerprint density at radius 3 is 2.41 bits per heavy atom. The van der Waals surface area contributed by atoms with Crippen molar-refractivity contribution < 1.29 is 4.57 Å². The molecule has 0 amide bonds. The lowest BCUT2D eigenvalue weighted by Crippen LogP contribution is -2.61. The van der Waals surface area contributed by atoms with Crippen LogP contribution in [0.25, 0.3) is 16.5 Å². The Bertz CT molecular complexity index is 1060. The van der Waals surface area contributed by atoms with Gasteiger partial charge in [0, 0.05) is 17.1 Å². The maximum absolute atomic E-state index is 2.46. The highest BCUT2D eigenvalue weighted by Crippen LogP contribution is 2.41. The summed E-state index contributed by atoms with van der Waals surface area (Å²) in [6.45, 7) is 9.32. The summed E-state index contributed by atoms with van der Waals surface area (Å²) in [5.41, 5.74) is 8.09. The van der Waals surface area contributed by atoms with E-state index in [0.29, 0.717) is 0 Å². The molecule has 2 aromatic carbocycles. The van der Waals surface area contributed by atoms with Crippen LogP contribution < -0.4 is 15.0 Å². The van der Waals surface area contributed by atoms with Crippen molar-refractivity contribution in [3.05, 3.63) is 71.7 Å². The molecule has 1 aromatic heterocycles. The summed E-state index contributed by atoms with van der Waals surface area (Å²) >= 11 is 0. The summed E-state index contributed by atoms with van der Waals surface area (Å²) in [6, 6.07) is 19.9. The van der Waals surface area contributed by atoms with Gasteiger partial charge in [0.1, 0.15) is 7.05 Å². The molecule has 0 spiro atoms. The quantitative estimate of drug-likeness (QED) is 0.467. The smallest absolute Gasteiger partial charge is 0.396 e. The largest absolute Gasteiger partial charge is 0.405 e. The molecule has 0 unspecified atom stereocenters. The summed E-state index contributed by atoms with van der Waals surface area (Å²) in [6.07, 6.45) is 0. The van der Waals surface area contributed by atoms with Crippen LogP contribution in [0.5, 0.6) is 0 Å². The number of benzene rings is 2. The first-order chi connectivity index (χ1) is 12.8. The lowest BCUT2D eigenvalue weighted by atomic mass is 9.52. The maximum Gasteiger partial charge on any atom is 0.396 e. The van der Waals surface area contributed by atoms with Crippen molar-refractivity contribution >= 4 is 34.6 Å². The molecular weight excluding hydrogens is 327 g/mol. The number of hydrogen-bond acceptors (Lipinski definition) is 1. The molecule has 2 nitrogen and oxygen atoms in total. The average Bonchev–Trinajstić information content (AvgIpc) is 2.63. The Hall–Kier alpha value is -2.55. The predicted molar refractivity (Wildman–Crippen MR) is 118 cm³/mol. The minimum absolute atomic E-state index is 0.0988. The van der Waals surface area contributed by atoms with Gasteiger partial charge in [-0.2, -0.15) is 0 Å². The predicted octanol–water partition coefficient (Wildman–Crippen LogP) is 4.29. The third-order valence-corrected chi connectivity index (χ3v) is 5.90. The third kappa shape index (κ3) is 2.86. The van der Waals surface area contributed by atoms with E-state index in [0.717, 1.165) is 0 Å². The van der Waals surface area contributed by atoms with E-state index in [2.05, 4.69) is 112 Å². The molecule has 3 heteroatoms. The molecule has 0 saturated heterocycles. The molecule has 0 radical (unpaired) electrons. The number of fused-ring (bicyclic) bond motifs is 2. The van der Waals surface area contributed by atoms with Crippen molar-refractivity contribution in [1.82, 2.24) is 0 Å². The van der Waals surface area contributed by atoms with E-state index >= 15 is 0 Å². The fourth-order valence-corrected chi connectivity index (χ4v) is 4.35. The van der Waals surface area contributed by atoms with Crippen LogP contribution in [0.2, 0.25) is 0 Å². The second kappa shape index (κ2) is 6.26. The van der Waals surface area contributed by atoms with Gasteiger partial charge in [-0.05, 0) is 54.3 Å². The molecule has 0 atom stereocenters. The fourth-order valence-electron chi connectivity index (χ4n) is 4.35. The number of para-hydroxylation sites is 1. The summed E-state index contributed by atoms with van der Waals surface area (Å²) in [4.78, 5) is 2.40. The highest BCUT2D eigenvalue weighted by atomic mass is 15.1. The van der Waals surface area contributed by atoms with Gasteiger partial charge >= 0.3 is 6.85 Å². The molecule has 1 aliphatic heterocycles. The van der Waals surface area contributed by atoms with Crippen LogP contribution in [0.4, 0.5) is 5.69 Å². The first-order valence-electron chi connectivity index (χ1n) is 9.72. The van der Waals surface area contributed by atoms with E-state index in [4.69, 9.17) is 0 Å². The average molecular weight is 355 g/mol. The van der Waals surface area contributed by atoms with Gasteiger partial charge in [0.05, 0.1) is 0 Å². The Labute approximate surface area is 163 Å². The number of pyridine rings is 1. The highest BCUT2D eigenvalue weighted by molar-refractivity contribution is 6.81. The molecule has 0 fully saturated rings. The molecule has 0 aliphatic carbocycles. The summed E-state index contributed by atoms with van der Waals surface area (Å²) < 4.78 is 2.36. The van der Waals surface area contributed by atoms with Crippen molar-refractivity contribution in [1.29, 1.82) is 0 Å². The maximum atomic E-state index is 2.46. The van der Waals surface area contributed by atoms with Gasteiger partial charge in [0.25, 0.3) is 0 Å². The van der Waals surface area contributed by atoms with Crippen LogP contribution in [0.3, 0.4) is 0 Å². The van der Waals surface area contributed by atoms with E-state index in [1.54, 1.807) is 0 Å². The van der Waals surface area contributed by atoms with Crippen LogP contribution in [-0.2, 0) is 7.05 Å². The highest BCUT2D eigenvalue weighted by Gasteiger charge is 2.37. The van der Waals surface area contributed by atoms with Crippen LogP contribution in [0.1, 0.15) is 31.9 Å². The first kappa shape index (κ1) is 17.8. The van der Waals surface area contributed by atoms with Crippen molar-refractivity contribution in [2.75, 3.05) is 11.9 Å². The second-order valence-electron chi connectivity index (χ2n) is 8.73. The van der Waals surface area contributed by atoms with Crippen LogP contribution in [-0.4, -0.2) is 13.9 Å². The number of nitrogens with zero attached hydrogens (tertiary/aromatic N) is 2. The zero-order valence-corrected chi connectivity index (χ0v) is 17.2. The van der Waals surface area contributed by atoms with Crippen molar-refractivity contribution in [2.24, 2.45) is 12.5 Å². The molecule has 0 bridgehead atoms. The van der Waals surface area contributed by atoms with Crippen molar-refractivity contribution in [3.8, 4) is 0 Å². The molecule has 136 valence electrons. The summed E-state index contributed by atoms with van der Waals surface area (Å²) in [7, 11) is 4.40. The lowest BCUT2D eigenvalue weighted by Gasteiger charge is -2.36. The zero-order chi connectivity index (χ0) is 19.3. The first-order valence-corrected chi connectivity index (χ1v) is 9.72. The van der Waals surface area contributed by atoms with Crippen LogP contribution in [0, 0.1) is 12.3 Å². The fraction of sp³-hybridized carbons (Fsp3) is 0.292. The minimum Gasteiger partial charge on any atom is -0.405 e. The standard InChI is InChI=1S/C24H28BN2/c1-17-10-9-13-21-18(17)14-15-23(26(21)5)25-16-20(24(2,3)4)19-11-7-8-12-22(19)27(25)6/h7-16H,1-6H3/q+1. The van der Waals surface area contributed by atoms with E-state index in [1.165, 1.54) is 38.9 Å². The van der Waals surface area contributed by atoms with Gasteiger partial charge < -0.3 is 4.81 Å². The molecule has 27 heavy (non-hydrogen) atoms. The SMILES string of the molecule is Cc1cccc2c1ccc(B1C=C(C(C)(C)C)c3ccccc3N1C)[n+]2C. The molecule has 1 aliphatic rings. The minimum atomic E-state index is 0.0988. The van der Waals surface area contributed by atoms with Gasteiger partial charge in [0.15, 0.2) is 5.59 Å². The summed E-state index contributed by atoms with van der Waals surface area (Å²) in [5.74, 6) is 2.46. The van der Waals surface area contributed by atoms with Crippen LogP contribution >= 0.6 is 0 Å². The van der Waals surface area contributed by atoms with E-state index < -0.39 is 0 Å². The molecule has 2 heterocycles. The molecular formula is C24H28BN2+. The Morgan fingerprint density at radius 2 is 1.67 bits per heavy atom. The third-order valence-electron chi connectivity index (χ3n) is 5.90. The van der Waals surface area contributed by atoms with Gasteiger partial charge in [-0.15, -0.1) is 0 Å². The Balaban J connectivity index is 1.94. The number of anilines is 1. The van der Waals surface area contributed by atoms with Gasteiger partial charge in [-0.3, -0.25) is 0 Å². The van der Waals surface area contributed by atoms with Gasteiger partial charge in [-0.25, -0.2) is 4.57 Å².